The molecule has 2 aliphatic rings. The first kappa shape index (κ1) is 14.9. The van der Waals surface area contributed by atoms with Crippen LogP contribution in [0.25, 0.3) is 0 Å². The van der Waals surface area contributed by atoms with Crippen molar-refractivity contribution in [3.63, 3.8) is 0 Å². The van der Waals surface area contributed by atoms with E-state index in [0.29, 0.717) is 6.61 Å². The zero-order valence-corrected chi connectivity index (χ0v) is 12.8. The predicted octanol–water partition coefficient (Wildman–Crippen LogP) is 1.85. The van der Waals surface area contributed by atoms with Gasteiger partial charge in [-0.3, -0.25) is 4.90 Å². The lowest BCUT2D eigenvalue weighted by Gasteiger charge is -2.40. The molecule has 1 aliphatic carbocycles. The third kappa shape index (κ3) is 3.78. The molecule has 0 amide bonds. The van der Waals surface area contributed by atoms with Gasteiger partial charge in [0.15, 0.2) is 0 Å². The van der Waals surface area contributed by atoms with Crippen LogP contribution < -0.4 is 0 Å². The number of aromatic nitrogens is 2. The molecule has 2 heterocycles. The fourth-order valence-corrected chi connectivity index (χ4v) is 3.46. The quantitative estimate of drug-likeness (QED) is 0.921. The van der Waals surface area contributed by atoms with Crippen LogP contribution in [-0.2, 0) is 4.74 Å². The maximum Gasteiger partial charge on any atom is 0.125 e. The first-order chi connectivity index (χ1) is 10.1. The Hall–Kier alpha value is -1.04. The molecule has 1 aliphatic heterocycles. The van der Waals surface area contributed by atoms with Crippen LogP contribution in [0.5, 0.6) is 0 Å². The minimum absolute atomic E-state index is 0.00681. The smallest absolute Gasteiger partial charge is 0.125 e. The Balaban J connectivity index is 1.63. The number of aliphatic hydroxyl groups is 1. The molecule has 0 spiro atoms. The molecule has 5 nitrogen and oxygen atoms in total. The molecule has 0 bridgehead atoms. The predicted molar refractivity (Wildman–Crippen MR) is 79.9 cm³/mol. The molecule has 0 aromatic carbocycles. The zero-order chi connectivity index (χ0) is 14.7. The van der Waals surface area contributed by atoms with E-state index in [1.807, 2.05) is 13.0 Å². The number of hydrogen-bond donors (Lipinski definition) is 1. The summed E-state index contributed by atoms with van der Waals surface area (Å²) in [5.74, 6) is 0.777. The van der Waals surface area contributed by atoms with Gasteiger partial charge in [-0.1, -0.05) is 19.3 Å². The largest absolute Gasteiger partial charge is 0.389 e. The van der Waals surface area contributed by atoms with Gasteiger partial charge in [0.2, 0.25) is 0 Å². The molecule has 2 fully saturated rings. The van der Waals surface area contributed by atoms with E-state index in [4.69, 9.17) is 4.74 Å². The number of aryl methyl sites for hydroxylation is 1. The normalized spacial score (nSPS) is 26.7. The van der Waals surface area contributed by atoms with Crippen LogP contribution >= 0.6 is 0 Å². The minimum atomic E-state index is -0.498. The first-order valence-corrected chi connectivity index (χ1v) is 8.01. The van der Waals surface area contributed by atoms with Gasteiger partial charge in [-0.05, 0) is 25.8 Å². The summed E-state index contributed by atoms with van der Waals surface area (Å²) in [6, 6.07) is 1.93. The molecule has 3 rings (SSSR count). The minimum Gasteiger partial charge on any atom is -0.389 e. The van der Waals surface area contributed by atoms with Gasteiger partial charge in [0.1, 0.15) is 11.9 Å². The third-order valence-corrected chi connectivity index (χ3v) is 4.58. The van der Waals surface area contributed by atoms with Crippen LogP contribution in [0.15, 0.2) is 12.3 Å². The Morgan fingerprint density at radius 3 is 2.95 bits per heavy atom. The van der Waals surface area contributed by atoms with Crippen molar-refractivity contribution in [1.29, 1.82) is 0 Å². The highest BCUT2D eigenvalue weighted by Gasteiger charge is 2.33. The monoisotopic (exact) mass is 291 g/mol. The molecule has 1 aromatic rings. The maximum atomic E-state index is 10.7. The molecule has 0 unspecified atom stereocenters. The Bertz CT molecular complexity index is 474. The molecular weight excluding hydrogens is 266 g/mol. The number of hydrogen-bond acceptors (Lipinski definition) is 5. The summed E-state index contributed by atoms with van der Waals surface area (Å²) < 4.78 is 5.86. The fourth-order valence-electron chi connectivity index (χ4n) is 3.46. The fraction of sp³-hybridized carbons (Fsp3) is 0.750. The lowest BCUT2D eigenvalue weighted by atomic mass is 9.84. The van der Waals surface area contributed by atoms with Crippen molar-refractivity contribution in [3.8, 4) is 0 Å². The van der Waals surface area contributed by atoms with Crippen LogP contribution in [0.3, 0.4) is 0 Å². The van der Waals surface area contributed by atoms with Crippen LogP contribution in [0, 0.1) is 6.92 Å². The summed E-state index contributed by atoms with van der Waals surface area (Å²) in [6.07, 6.45) is 7.20. The highest BCUT2D eigenvalue weighted by atomic mass is 16.5. The average Bonchev–Trinajstić information content (AvgIpc) is 2.48. The van der Waals surface area contributed by atoms with Gasteiger partial charge >= 0.3 is 0 Å². The van der Waals surface area contributed by atoms with Crippen molar-refractivity contribution in [2.24, 2.45) is 0 Å². The Labute approximate surface area is 126 Å². The van der Waals surface area contributed by atoms with Crippen LogP contribution in [-0.4, -0.2) is 51.8 Å². The Morgan fingerprint density at radius 2 is 2.19 bits per heavy atom. The van der Waals surface area contributed by atoms with Crippen molar-refractivity contribution in [3.05, 3.63) is 23.8 Å². The standard InChI is InChI=1S/C16H25N3O2/c1-13-17-8-5-14(18-13)15-11-19(9-10-21-15)12-16(20)6-3-2-4-7-16/h5,8,15,20H,2-4,6-7,9-12H2,1H3/t15-/m1/s1. The molecule has 21 heavy (non-hydrogen) atoms. The molecular formula is C16H25N3O2. The van der Waals surface area contributed by atoms with Gasteiger partial charge in [-0.2, -0.15) is 0 Å². The molecule has 116 valence electrons. The van der Waals surface area contributed by atoms with E-state index >= 15 is 0 Å². The summed E-state index contributed by atoms with van der Waals surface area (Å²) >= 11 is 0. The summed E-state index contributed by atoms with van der Waals surface area (Å²) in [6.45, 7) is 5.05. The molecule has 1 N–H and O–H groups in total. The summed E-state index contributed by atoms with van der Waals surface area (Å²) in [4.78, 5) is 10.9. The Kier molecular flexibility index (Phi) is 4.52. The second-order valence-corrected chi connectivity index (χ2v) is 6.41. The lowest BCUT2D eigenvalue weighted by molar-refractivity contribution is -0.0777. The van der Waals surface area contributed by atoms with E-state index in [2.05, 4.69) is 14.9 Å². The van der Waals surface area contributed by atoms with Crippen molar-refractivity contribution < 1.29 is 9.84 Å². The number of morpholine rings is 1. The van der Waals surface area contributed by atoms with E-state index in [1.54, 1.807) is 6.20 Å². The van der Waals surface area contributed by atoms with Gasteiger partial charge in [0.25, 0.3) is 0 Å². The van der Waals surface area contributed by atoms with E-state index < -0.39 is 5.60 Å². The zero-order valence-electron chi connectivity index (χ0n) is 12.8. The van der Waals surface area contributed by atoms with E-state index in [1.165, 1.54) is 6.42 Å². The van der Waals surface area contributed by atoms with Crippen LogP contribution in [0.1, 0.15) is 49.7 Å². The highest BCUT2D eigenvalue weighted by molar-refractivity contribution is 5.07. The number of ether oxygens (including phenoxy) is 1. The molecule has 1 saturated heterocycles. The first-order valence-electron chi connectivity index (χ1n) is 8.01. The second-order valence-electron chi connectivity index (χ2n) is 6.41. The molecule has 0 radical (unpaired) electrons. The summed E-state index contributed by atoms with van der Waals surface area (Å²) in [5.41, 5.74) is 0.449. The van der Waals surface area contributed by atoms with Gasteiger partial charge in [-0.15, -0.1) is 0 Å². The van der Waals surface area contributed by atoms with Crippen molar-refractivity contribution in [2.75, 3.05) is 26.2 Å². The molecule has 5 heteroatoms. The topological polar surface area (TPSA) is 58.5 Å². The van der Waals surface area contributed by atoms with Crippen LogP contribution in [0.4, 0.5) is 0 Å². The lowest BCUT2D eigenvalue weighted by Crippen LogP contribution is -2.49. The van der Waals surface area contributed by atoms with Crippen molar-refractivity contribution in [2.45, 2.75) is 50.7 Å². The number of β-amino-alcohol motifs (C(OH)–C–C–N with tert-alkyl or cyclic N) is 1. The van der Waals surface area contributed by atoms with Gasteiger partial charge in [0, 0.05) is 25.8 Å². The maximum absolute atomic E-state index is 10.7. The van der Waals surface area contributed by atoms with Crippen molar-refractivity contribution >= 4 is 0 Å². The average molecular weight is 291 g/mol. The second kappa shape index (κ2) is 6.38. The summed E-state index contributed by atoms with van der Waals surface area (Å²) in [7, 11) is 0. The van der Waals surface area contributed by atoms with E-state index in [-0.39, 0.29) is 6.10 Å². The van der Waals surface area contributed by atoms with Gasteiger partial charge < -0.3 is 9.84 Å². The SMILES string of the molecule is Cc1nccc([C@H]2CN(CC3(O)CCCCC3)CCO2)n1. The molecule has 1 aromatic heterocycles. The van der Waals surface area contributed by atoms with E-state index in [0.717, 1.165) is 56.8 Å². The van der Waals surface area contributed by atoms with E-state index in [9.17, 15) is 5.11 Å². The Morgan fingerprint density at radius 1 is 1.38 bits per heavy atom. The van der Waals surface area contributed by atoms with Crippen LogP contribution in [0.2, 0.25) is 0 Å². The highest BCUT2D eigenvalue weighted by Crippen LogP contribution is 2.30. The van der Waals surface area contributed by atoms with Gasteiger partial charge in [-0.25, -0.2) is 9.97 Å². The van der Waals surface area contributed by atoms with Crippen molar-refractivity contribution in [1.82, 2.24) is 14.9 Å². The summed E-state index contributed by atoms with van der Waals surface area (Å²) in [5, 5.41) is 10.7. The number of nitrogens with zero attached hydrogens (tertiary/aromatic N) is 3. The molecule has 1 atom stereocenters. The third-order valence-electron chi connectivity index (χ3n) is 4.58. The van der Waals surface area contributed by atoms with Gasteiger partial charge in [0.05, 0.1) is 17.9 Å². The molecule has 1 saturated carbocycles. The number of rotatable bonds is 3.